The largest absolute Gasteiger partial charge is 0.381 e. The maximum atomic E-state index is 2.25. The smallest absolute Gasteiger partial charge is 0.0171 e. The second-order valence-corrected chi connectivity index (χ2v) is 3.15. The summed E-state index contributed by atoms with van der Waals surface area (Å²) >= 11 is 0. The highest BCUT2D eigenvalue weighted by Crippen LogP contribution is 2.00. The van der Waals surface area contributed by atoms with Crippen LogP contribution in [0.25, 0.3) is 0 Å². The maximum Gasteiger partial charge on any atom is 0.0171 e. The molecule has 60 valence electrons. The van der Waals surface area contributed by atoms with Crippen LogP contribution in [0.2, 0.25) is 0 Å². The molecule has 0 aliphatic carbocycles. The Hall–Kier alpha value is -0.460. The van der Waals surface area contributed by atoms with Gasteiger partial charge in [-0.2, -0.15) is 0 Å². The van der Waals surface area contributed by atoms with E-state index >= 15 is 0 Å². The zero-order chi connectivity index (χ0) is 7.98. The Kier molecular flexibility index (Phi) is 5.09. The van der Waals surface area contributed by atoms with Gasteiger partial charge in [-0.3, -0.25) is 0 Å². The molecule has 1 heteroatoms. The van der Waals surface area contributed by atoms with E-state index in [1.165, 1.54) is 13.0 Å². The Morgan fingerprint density at radius 2 is 2.00 bits per heavy atom. The molecule has 0 aromatic heterocycles. The zero-order valence-electron chi connectivity index (χ0n) is 7.59. The SMILES string of the molecule is C/C=C\N(C)CCC(C)C. The summed E-state index contributed by atoms with van der Waals surface area (Å²) in [7, 11) is 2.11. The van der Waals surface area contributed by atoms with Crippen LogP contribution in [0, 0.1) is 5.92 Å². The number of hydrogen-bond donors (Lipinski definition) is 0. The van der Waals surface area contributed by atoms with Crippen LogP contribution < -0.4 is 0 Å². The van der Waals surface area contributed by atoms with Gasteiger partial charge < -0.3 is 4.90 Å². The molecule has 0 spiro atoms. The highest BCUT2D eigenvalue weighted by molar-refractivity contribution is 4.75. The van der Waals surface area contributed by atoms with Gasteiger partial charge in [-0.05, 0) is 25.5 Å². The molecule has 0 aromatic rings. The maximum absolute atomic E-state index is 2.25. The van der Waals surface area contributed by atoms with E-state index in [4.69, 9.17) is 0 Å². The first kappa shape index (κ1) is 9.54. The first-order valence-corrected chi connectivity index (χ1v) is 4.00. The standard InChI is InChI=1S/C9H19N/c1-5-7-10(4)8-6-9(2)3/h5,7,9H,6,8H2,1-4H3/b7-5-. The van der Waals surface area contributed by atoms with Crippen LogP contribution in [0.3, 0.4) is 0 Å². The van der Waals surface area contributed by atoms with Gasteiger partial charge in [0.2, 0.25) is 0 Å². The minimum atomic E-state index is 0.813. The lowest BCUT2D eigenvalue weighted by Gasteiger charge is -2.14. The van der Waals surface area contributed by atoms with Crippen molar-refractivity contribution in [1.82, 2.24) is 4.90 Å². The topological polar surface area (TPSA) is 3.24 Å². The number of rotatable bonds is 4. The number of nitrogens with zero attached hydrogens (tertiary/aromatic N) is 1. The number of allylic oxidation sites excluding steroid dienone is 1. The van der Waals surface area contributed by atoms with E-state index in [0.717, 1.165) is 5.92 Å². The minimum absolute atomic E-state index is 0.813. The van der Waals surface area contributed by atoms with Crippen molar-refractivity contribution < 1.29 is 0 Å². The van der Waals surface area contributed by atoms with Crippen LogP contribution in [-0.4, -0.2) is 18.5 Å². The lowest BCUT2D eigenvalue weighted by molar-refractivity contribution is 0.404. The molecule has 0 aliphatic heterocycles. The summed E-state index contributed by atoms with van der Waals surface area (Å²) in [4.78, 5) is 2.22. The van der Waals surface area contributed by atoms with E-state index in [-0.39, 0.29) is 0 Å². The van der Waals surface area contributed by atoms with E-state index in [1.807, 2.05) is 6.92 Å². The van der Waals surface area contributed by atoms with Crippen molar-refractivity contribution in [1.29, 1.82) is 0 Å². The Morgan fingerprint density at radius 1 is 1.40 bits per heavy atom. The van der Waals surface area contributed by atoms with E-state index in [1.54, 1.807) is 0 Å². The molecule has 0 amide bonds. The third kappa shape index (κ3) is 5.67. The van der Waals surface area contributed by atoms with Crippen LogP contribution in [0.4, 0.5) is 0 Å². The third-order valence-corrected chi connectivity index (χ3v) is 1.46. The fourth-order valence-electron chi connectivity index (χ4n) is 0.791. The van der Waals surface area contributed by atoms with E-state index < -0.39 is 0 Å². The molecule has 0 heterocycles. The molecule has 0 aromatic carbocycles. The van der Waals surface area contributed by atoms with Crippen molar-refractivity contribution in [3.8, 4) is 0 Å². The second kappa shape index (κ2) is 5.33. The highest BCUT2D eigenvalue weighted by atomic mass is 15.1. The summed E-state index contributed by atoms with van der Waals surface area (Å²) in [6.45, 7) is 7.72. The first-order chi connectivity index (χ1) is 4.66. The monoisotopic (exact) mass is 141 g/mol. The van der Waals surface area contributed by atoms with Gasteiger partial charge in [0, 0.05) is 13.6 Å². The van der Waals surface area contributed by atoms with Crippen molar-refractivity contribution in [3.05, 3.63) is 12.3 Å². The van der Waals surface area contributed by atoms with Crippen LogP contribution >= 0.6 is 0 Å². The number of hydrogen-bond acceptors (Lipinski definition) is 1. The molecule has 0 rings (SSSR count). The average Bonchev–Trinajstić information content (AvgIpc) is 1.85. The molecular formula is C9H19N. The van der Waals surface area contributed by atoms with Gasteiger partial charge in [0.15, 0.2) is 0 Å². The van der Waals surface area contributed by atoms with Crippen molar-refractivity contribution in [2.24, 2.45) is 5.92 Å². The summed E-state index contributed by atoms with van der Waals surface area (Å²) in [5, 5.41) is 0. The molecular weight excluding hydrogens is 122 g/mol. The van der Waals surface area contributed by atoms with E-state index in [9.17, 15) is 0 Å². The lowest BCUT2D eigenvalue weighted by atomic mass is 10.1. The molecule has 0 bridgehead atoms. The molecule has 0 radical (unpaired) electrons. The fourth-order valence-corrected chi connectivity index (χ4v) is 0.791. The molecule has 0 saturated carbocycles. The molecule has 0 aliphatic rings. The average molecular weight is 141 g/mol. The fraction of sp³-hybridized carbons (Fsp3) is 0.778. The predicted octanol–water partition coefficient (Wildman–Crippen LogP) is 2.50. The van der Waals surface area contributed by atoms with Crippen LogP contribution in [-0.2, 0) is 0 Å². The summed E-state index contributed by atoms with van der Waals surface area (Å²) in [5.74, 6) is 0.813. The van der Waals surface area contributed by atoms with Gasteiger partial charge in [-0.1, -0.05) is 19.9 Å². The van der Waals surface area contributed by atoms with Crippen molar-refractivity contribution in [2.45, 2.75) is 27.2 Å². The Balaban J connectivity index is 3.30. The van der Waals surface area contributed by atoms with E-state index in [0.29, 0.717) is 0 Å². The predicted molar refractivity (Wildman–Crippen MR) is 46.9 cm³/mol. The van der Waals surface area contributed by atoms with Crippen molar-refractivity contribution in [2.75, 3.05) is 13.6 Å². The van der Waals surface area contributed by atoms with Gasteiger partial charge in [-0.15, -0.1) is 0 Å². The molecule has 0 atom stereocenters. The van der Waals surface area contributed by atoms with Crippen LogP contribution in [0.5, 0.6) is 0 Å². The quantitative estimate of drug-likeness (QED) is 0.581. The molecule has 0 N–H and O–H groups in total. The lowest BCUT2D eigenvalue weighted by Crippen LogP contribution is -2.13. The Morgan fingerprint density at radius 3 is 2.40 bits per heavy atom. The van der Waals surface area contributed by atoms with Crippen molar-refractivity contribution >= 4 is 0 Å². The van der Waals surface area contributed by atoms with E-state index in [2.05, 4.69) is 38.1 Å². The normalized spacial score (nSPS) is 11.3. The van der Waals surface area contributed by atoms with Gasteiger partial charge in [0.25, 0.3) is 0 Å². The second-order valence-electron chi connectivity index (χ2n) is 3.15. The Labute approximate surface area is 64.7 Å². The Bertz CT molecular complexity index is 94.9. The summed E-state index contributed by atoms with van der Waals surface area (Å²) < 4.78 is 0. The minimum Gasteiger partial charge on any atom is -0.381 e. The van der Waals surface area contributed by atoms with Gasteiger partial charge in [0.1, 0.15) is 0 Å². The third-order valence-electron chi connectivity index (χ3n) is 1.46. The highest BCUT2D eigenvalue weighted by Gasteiger charge is 1.94. The summed E-state index contributed by atoms with van der Waals surface area (Å²) in [6.07, 6.45) is 5.46. The molecule has 10 heavy (non-hydrogen) atoms. The molecule has 1 nitrogen and oxygen atoms in total. The molecule has 0 fully saturated rings. The van der Waals surface area contributed by atoms with Gasteiger partial charge >= 0.3 is 0 Å². The van der Waals surface area contributed by atoms with Crippen LogP contribution in [0.15, 0.2) is 12.3 Å². The summed E-state index contributed by atoms with van der Waals surface area (Å²) in [5.41, 5.74) is 0. The van der Waals surface area contributed by atoms with Gasteiger partial charge in [0.05, 0.1) is 0 Å². The van der Waals surface area contributed by atoms with Crippen molar-refractivity contribution in [3.63, 3.8) is 0 Å². The molecule has 0 unspecified atom stereocenters. The summed E-state index contributed by atoms with van der Waals surface area (Å²) in [6, 6.07) is 0. The first-order valence-electron chi connectivity index (χ1n) is 4.00. The molecule has 0 saturated heterocycles. The zero-order valence-corrected chi connectivity index (χ0v) is 7.59. The van der Waals surface area contributed by atoms with Crippen LogP contribution in [0.1, 0.15) is 27.2 Å². The van der Waals surface area contributed by atoms with Gasteiger partial charge in [-0.25, -0.2) is 0 Å².